The molecule has 2 heterocycles. The molecule has 2 aliphatic rings. The van der Waals surface area contributed by atoms with E-state index in [1.54, 1.807) is 0 Å². The summed E-state index contributed by atoms with van der Waals surface area (Å²) < 4.78 is 0. The van der Waals surface area contributed by atoms with E-state index in [4.69, 9.17) is 5.21 Å². The molecule has 1 fully saturated rings. The van der Waals surface area contributed by atoms with Gasteiger partial charge in [0.25, 0.3) is 0 Å². The number of piperidine rings is 1. The number of likely N-dealkylation sites (tertiary alicyclic amines) is 1. The lowest BCUT2D eigenvalue weighted by atomic mass is 9.92. The summed E-state index contributed by atoms with van der Waals surface area (Å²) in [6, 6.07) is 8.80. The van der Waals surface area contributed by atoms with Gasteiger partial charge in [-0.05, 0) is 18.1 Å². The zero-order chi connectivity index (χ0) is 13.9. The predicted octanol–water partition coefficient (Wildman–Crippen LogP) is 3.44. The summed E-state index contributed by atoms with van der Waals surface area (Å²) in [5.74, 6) is 2.28. The van der Waals surface area contributed by atoms with E-state index in [1.807, 2.05) is 11.8 Å². The lowest BCUT2D eigenvalue weighted by Crippen LogP contribution is -2.42. The summed E-state index contributed by atoms with van der Waals surface area (Å²) in [6.07, 6.45) is 1.97. The Bertz CT molecular complexity index is 503. The van der Waals surface area contributed by atoms with Gasteiger partial charge >= 0.3 is 0 Å². The minimum Gasteiger partial charge on any atom is -0.411 e. The minimum absolute atomic E-state index is 0.429. The van der Waals surface area contributed by atoms with Crippen molar-refractivity contribution in [2.75, 3.05) is 25.4 Å². The molecule has 4 heteroatoms. The molecule has 0 spiro atoms. The van der Waals surface area contributed by atoms with Gasteiger partial charge < -0.3 is 10.1 Å². The fourth-order valence-corrected chi connectivity index (χ4v) is 4.58. The third kappa shape index (κ3) is 2.72. The molecule has 0 bridgehead atoms. The number of fused-ring (bicyclic) bond motifs is 1. The Balaban J connectivity index is 1.65. The van der Waals surface area contributed by atoms with Crippen molar-refractivity contribution in [3.63, 3.8) is 0 Å². The van der Waals surface area contributed by atoms with Crippen LogP contribution < -0.4 is 0 Å². The third-order valence-corrected chi connectivity index (χ3v) is 5.78. The zero-order valence-corrected chi connectivity index (χ0v) is 12.8. The van der Waals surface area contributed by atoms with Gasteiger partial charge in [0, 0.05) is 48.5 Å². The Labute approximate surface area is 125 Å². The first kappa shape index (κ1) is 14.0. The summed E-state index contributed by atoms with van der Waals surface area (Å²) in [5, 5.41) is 12.5. The molecule has 0 amide bonds. The van der Waals surface area contributed by atoms with Crippen molar-refractivity contribution in [3.05, 3.63) is 29.8 Å². The smallest absolute Gasteiger partial charge is 0.0627 e. The number of oxime groups is 1. The van der Waals surface area contributed by atoms with Crippen LogP contribution in [0.1, 0.15) is 31.2 Å². The van der Waals surface area contributed by atoms with Crippen LogP contribution in [0.25, 0.3) is 0 Å². The molecule has 2 aliphatic heterocycles. The standard InChI is InChI=1S/C16H22N2OS/c1-2-12-9-18(8-7-15(12)17-19)10-13-11-20-16-6-4-3-5-14(13)16/h3-6,12-13,19H,2,7-11H2,1H3/b17-15+. The van der Waals surface area contributed by atoms with Gasteiger partial charge in [0.15, 0.2) is 0 Å². The SMILES string of the molecule is CCC1CN(CC2CSc3ccccc32)CC/C1=N\O. The average Bonchev–Trinajstić information content (AvgIpc) is 2.90. The summed E-state index contributed by atoms with van der Waals surface area (Å²) >= 11 is 1.99. The van der Waals surface area contributed by atoms with E-state index in [2.05, 4.69) is 41.2 Å². The Kier molecular flexibility index (Phi) is 4.32. The molecular weight excluding hydrogens is 268 g/mol. The topological polar surface area (TPSA) is 35.8 Å². The molecule has 0 aromatic heterocycles. The number of hydrogen-bond acceptors (Lipinski definition) is 4. The van der Waals surface area contributed by atoms with E-state index in [0.717, 1.165) is 38.2 Å². The molecule has 0 saturated carbocycles. The number of rotatable bonds is 3. The van der Waals surface area contributed by atoms with Gasteiger partial charge in [-0.2, -0.15) is 0 Å². The van der Waals surface area contributed by atoms with Crippen LogP contribution in [0.3, 0.4) is 0 Å². The lowest BCUT2D eigenvalue weighted by Gasteiger charge is -2.34. The van der Waals surface area contributed by atoms with Crippen LogP contribution >= 0.6 is 11.8 Å². The second-order valence-corrected chi connectivity index (χ2v) is 6.81. The van der Waals surface area contributed by atoms with Crippen molar-refractivity contribution in [1.82, 2.24) is 4.90 Å². The lowest BCUT2D eigenvalue weighted by molar-refractivity contribution is 0.219. The largest absolute Gasteiger partial charge is 0.411 e. The van der Waals surface area contributed by atoms with Gasteiger partial charge in [0.1, 0.15) is 0 Å². The van der Waals surface area contributed by atoms with Crippen molar-refractivity contribution in [3.8, 4) is 0 Å². The Morgan fingerprint density at radius 3 is 3.00 bits per heavy atom. The van der Waals surface area contributed by atoms with Crippen LogP contribution in [0.2, 0.25) is 0 Å². The molecule has 2 atom stereocenters. The number of thioether (sulfide) groups is 1. The van der Waals surface area contributed by atoms with Crippen molar-refractivity contribution < 1.29 is 5.21 Å². The van der Waals surface area contributed by atoms with Crippen LogP contribution in [0, 0.1) is 5.92 Å². The Morgan fingerprint density at radius 1 is 1.35 bits per heavy atom. The highest BCUT2D eigenvalue weighted by atomic mass is 32.2. The molecular formula is C16H22N2OS. The van der Waals surface area contributed by atoms with E-state index >= 15 is 0 Å². The van der Waals surface area contributed by atoms with E-state index in [0.29, 0.717) is 11.8 Å². The number of benzene rings is 1. The predicted molar refractivity (Wildman–Crippen MR) is 84.0 cm³/mol. The zero-order valence-electron chi connectivity index (χ0n) is 12.0. The van der Waals surface area contributed by atoms with E-state index in [-0.39, 0.29) is 0 Å². The fourth-order valence-electron chi connectivity index (χ4n) is 3.34. The van der Waals surface area contributed by atoms with Crippen molar-refractivity contribution in [2.45, 2.75) is 30.6 Å². The van der Waals surface area contributed by atoms with Crippen LogP contribution in [0.5, 0.6) is 0 Å². The average molecular weight is 290 g/mol. The first-order chi connectivity index (χ1) is 9.81. The highest BCUT2D eigenvalue weighted by Crippen LogP contribution is 2.39. The quantitative estimate of drug-likeness (QED) is 0.684. The van der Waals surface area contributed by atoms with Crippen LogP contribution in [-0.2, 0) is 0 Å². The summed E-state index contributed by atoms with van der Waals surface area (Å²) in [4.78, 5) is 4.01. The first-order valence-corrected chi connectivity index (χ1v) is 8.45. The second kappa shape index (κ2) is 6.19. The van der Waals surface area contributed by atoms with Gasteiger partial charge in [-0.1, -0.05) is 30.3 Å². The van der Waals surface area contributed by atoms with E-state index in [1.165, 1.54) is 16.2 Å². The fraction of sp³-hybridized carbons (Fsp3) is 0.562. The highest BCUT2D eigenvalue weighted by Gasteiger charge is 2.29. The Morgan fingerprint density at radius 2 is 2.20 bits per heavy atom. The maximum absolute atomic E-state index is 9.06. The maximum atomic E-state index is 9.06. The molecule has 1 aromatic carbocycles. The molecule has 3 nitrogen and oxygen atoms in total. The first-order valence-electron chi connectivity index (χ1n) is 7.46. The van der Waals surface area contributed by atoms with Gasteiger partial charge in [0.05, 0.1) is 5.71 Å². The van der Waals surface area contributed by atoms with Crippen molar-refractivity contribution >= 4 is 17.5 Å². The second-order valence-electron chi connectivity index (χ2n) is 5.75. The monoisotopic (exact) mass is 290 g/mol. The van der Waals surface area contributed by atoms with Gasteiger partial charge in [-0.25, -0.2) is 0 Å². The molecule has 1 aromatic rings. The maximum Gasteiger partial charge on any atom is 0.0627 e. The third-order valence-electron chi connectivity index (χ3n) is 4.53. The molecule has 108 valence electrons. The molecule has 3 rings (SSSR count). The minimum atomic E-state index is 0.429. The van der Waals surface area contributed by atoms with E-state index in [9.17, 15) is 0 Å². The molecule has 0 radical (unpaired) electrons. The number of nitrogens with zero attached hydrogens (tertiary/aromatic N) is 2. The summed E-state index contributed by atoms with van der Waals surface area (Å²) in [6.45, 7) is 5.39. The van der Waals surface area contributed by atoms with Crippen molar-refractivity contribution in [2.24, 2.45) is 11.1 Å². The van der Waals surface area contributed by atoms with Crippen LogP contribution in [0.4, 0.5) is 0 Å². The van der Waals surface area contributed by atoms with E-state index < -0.39 is 0 Å². The van der Waals surface area contributed by atoms with Crippen LogP contribution in [0.15, 0.2) is 34.3 Å². The van der Waals surface area contributed by atoms with Crippen LogP contribution in [-0.4, -0.2) is 41.2 Å². The molecule has 2 unspecified atom stereocenters. The van der Waals surface area contributed by atoms with Gasteiger partial charge in [-0.15, -0.1) is 11.8 Å². The highest BCUT2D eigenvalue weighted by molar-refractivity contribution is 7.99. The van der Waals surface area contributed by atoms with Crippen molar-refractivity contribution in [1.29, 1.82) is 0 Å². The van der Waals surface area contributed by atoms with Gasteiger partial charge in [0.2, 0.25) is 0 Å². The Hall–Kier alpha value is -1.00. The molecule has 20 heavy (non-hydrogen) atoms. The normalized spacial score (nSPS) is 28.8. The number of hydrogen-bond donors (Lipinski definition) is 1. The molecule has 1 N–H and O–H groups in total. The molecule has 1 saturated heterocycles. The summed E-state index contributed by atoms with van der Waals surface area (Å²) in [7, 11) is 0. The molecule has 0 aliphatic carbocycles. The summed E-state index contributed by atoms with van der Waals surface area (Å²) in [5.41, 5.74) is 2.51. The van der Waals surface area contributed by atoms with Gasteiger partial charge in [-0.3, -0.25) is 0 Å².